The van der Waals surface area contributed by atoms with E-state index in [9.17, 15) is 9.59 Å². The van der Waals surface area contributed by atoms with Crippen LogP contribution in [0.15, 0.2) is 35.1 Å². The van der Waals surface area contributed by atoms with Crippen molar-refractivity contribution in [2.75, 3.05) is 14.2 Å². The van der Waals surface area contributed by atoms with Gasteiger partial charge in [0.25, 0.3) is 5.56 Å². The van der Waals surface area contributed by atoms with E-state index in [1.54, 1.807) is 51.3 Å². The van der Waals surface area contributed by atoms with E-state index < -0.39 is 0 Å². The molecule has 0 unspecified atom stereocenters. The fourth-order valence-corrected chi connectivity index (χ4v) is 2.45. The van der Waals surface area contributed by atoms with Crippen LogP contribution in [0.4, 0.5) is 0 Å². The highest BCUT2D eigenvalue weighted by molar-refractivity contribution is 6.07. The van der Waals surface area contributed by atoms with E-state index in [1.165, 1.54) is 13.2 Å². The van der Waals surface area contributed by atoms with E-state index in [-0.39, 0.29) is 16.9 Å². The molecule has 0 radical (unpaired) electrons. The first-order chi connectivity index (χ1) is 11.0. The highest BCUT2D eigenvalue weighted by Crippen LogP contribution is 2.31. The molecule has 0 saturated heterocycles. The number of carbonyl (C=O) groups is 1. The number of H-pyrrole nitrogens is 1. The standard InChI is InChI=1S/C18H19NO4/c1-11-10-12(2)19-18(21)16(11)14(20)9-8-13-6-5-7-15(22-3)17(13)23-4/h5-10H,1-4H3,(H,19,21). The Morgan fingerprint density at radius 2 is 1.91 bits per heavy atom. The second kappa shape index (κ2) is 6.96. The number of rotatable bonds is 5. The average Bonchev–Trinajstić information content (AvgIpc) is 2.51. The first kappa shape index (κ1) is 16.5. The molecule has 1 N–H and O–H groups in total. The van der Waals surface area contributed by atoms with Gasteiger partial charge in [0.15, 0.2) is 17.3 Å². The fraction of sp³-hybridized carbons (Fsp3) is 0.222. The van der Waals surface area contributed by atoms with Crippen LogP contribution in [-0.2, 0) is 0 Å². The van der Waals surface area contributed by atoms with Gasteiger partial charge in [0.1, 0.15) is 0 Å². The summed E-state index contributed by atoms with van der Waals surface area (Å²) < 4.78 is 10.5. The van der Waals surface area contributed by atoms with Crippen molar-refractivity contribution >= 4 is 11.9 Å². The predicted octanol–water partition coefficient (Wildman–Crippen LogP) is 2.91. The number of pyridine rings is 1. The van der Waals surface area contributed by atoms with Crippen molar-refractivity contribution in [2.45, 2.75) is 13.8 Å². The lowest BCUT2D eigenvalue weighted by atomic mass is 10.0. The van der Waals surface area contributed by atoms with Gasteiger partial charge in [0, 0.05) is 11.3 Å². The van der Waals surface area contributed by atoms with Gasteiger partial charge < -0.3 is 14.5 Å². The maximum atomic E-state index is 12.3. The topological polar surface area (TPSA) is 68.4 Å². The molecule has 0 bridgehead atoms. The number of ether oxygens (including phenoxy) is 2. The number of aryl methyl sites for hydroxylation is 2. The van der Waals surface area contributed by atoms with Gasteiger partial charge in [-0.2, -0.15) is 0 Å². The molecule has 5 heteroatoms. The molecule has 1 aromatic carbocycles. The summed E-state index contributed by atoms with van der Waals surface area (Å²) in [5.74, 6) is 0.758. The summed E-state index contributed by atoms with van der Waals surface area (Å²) in [7, 11) is 3.08. The summed E-state index contributed by atoms with van der Waals surface area (Å²) in [6, 6.07) is 7.15. The number of benzene rings is 1. The first-order valence-corrected chi connectivity index (χ1v) is 7.12. The summed E-state index contributed by atoms with van der Waals surface area (Å²) in [4.78, 5) is 27.0. The predicted molar refractivity (Wildman–Crippen MR) is 89.4 cm³/mol. The number of para-hydroxylation sites is 1. The van der Waals surface area contributed by atoms with E-state index in [0.717, 1.165) is 5.69 Å². The Morgan fingerprint density at radius 1 is 1.17 bits per heavy atom. The van der Waals surface area contributed by atoms with Gasteiger partial charge in [-0.1, -0.05) is 12.1 Å². The molecule has 0 saturated carbocycles. The number of hydrogen-bond acceptors (Lipinski definition) is 4. The summed E-state index contributed by atoms with van der Waals surface area (Å²) in [5.41, 5.74) is 1.84. The molecule has 2 rings (SSSR count). The Kier molecular flexibility index (Phi) is 5.01. The van der Waals surface area contributed by atoms with Gasteiger partial charge >= 0.3 is 0 Å². The highest BCUT2D eigenvalue weighted by Gasteiger charge is 2.12. The molecule has 1 aromatic heterocycles. The maximum absolute atomic E-state index is 12.3. The van der Waals surface area contributed by atoms with E-state index in [2.05, 4.69) is 4.98 Å². The Morgan fingerprint density at radius 3 is 2.52 bits per heavy atom. The average molecular weight is 313 g/mol. The number of ketones is 1. The second-order valence-corrected chi connectivity index (χ2v) is 5.12. The van der Waals surface area contributed by atoms with Gasteiger partial charge in [-0.3, -0.25) is 9.59 Å². The van der Waals surface area contributed by atoms with Crippen LogP contribution in [0.25, 0.3) is 6.08 Å². The van der Waals surface area contributed by atoms with Gasteiger partial charge in [-0.05, 0) is 43.7 Å². The monoisotopic (exact) mass is 313 g/mol. The van der Waals surface area contributed by atoms with Crippen LogP contribution in [0, 0.1) is 13.8 Å². The van der Waals surface area contributed by atoms with Crippen molar-refractivity contribution in [3.8, 4) is 11.5 Å². The van der Waals surface area contributed by atoms with E-state index >= 15 is 0 Å². The third kappa shape index (κ3) is 3.51. The fourth-order valence-electron chi connectivity index (χ4n) is 2.45. The molecule has 2 aromatic rings. The molecule has 5 nitrogen and oxygen atoms in total. The molecule has 120 valence electrons. The number of nitrogens with one attached hydrogen (secondary N) is 1. The Balaban J connectivity index is 2.38. The number of carbonyl (C=O) groups excluding carboxylic acids is 1. The smallest absolute Gasteiger partial charge is 0.259 e. The molecule has 0 aliphatic rings. The quantitative estimate of drug-likeness (QED) is 0.681. The van der Waals surface area contributed by atoms with Crippen LogP contribution < -0.4 is 15.0 Å². The molecule has 1 heterocycles. The zero-order chi connectivity index (χ0) is 17.0. The Labute approximate surface area is 134 Å². The number of aromatic nitrogens is 1. The zero-order valence-corrected chi connectivity index (χ0v) is 13.6. The van der Waals surface area contributed by atoms with Crippen LogP contribution in [0.1, 0.15) is 27.2 Å². The third-order valence-corrected chi connectivity index (χ3v) is 3.46. The minimum Gasteiger partial charge on any atom is -0.493 e. The highest BCUT2D eigenvalue weighted by atomic mass is 16.5. The second-order valence-electron chi connectivity index (χ2n) is 5.12. The normalized spacial score (nSPS) is 10.8. The van der Waals surface area contributed by atoms with E-state index in [4.69, 9.17) is 9.47 Å². The van der Waals surface area contributed by atoms with Crippen molar-refractivity contribution in [1.82, 2.24) is 4.98 Å². The van der Waals surface area contributed by atoms with E-state index in [0.29, 0.717) is 22.6 Å². The van der Waals surface area contributed by atoms with Gasteiger partial charge in [0.2, 0.25) is 0 Å². The molecule has 0 fully saturated rings. The van der Waals surface area contributed by atoms with Crippen molar-refractivity contribution < 1.29 is 14.3 Å². The molecule has 0 aliphatic carbocycles. The lowest BCUT2D eigenvalue weighted by molar-refractivity contribution is 0.104. The van der Waals surface area contributed by atoms with Crippen LogP contribution in [0.3, 0.4) is 0 Å². The van der Waals surface area contributed by atoms with Crippen molar-refractivity contribution in [1.29, 1.82) is 0 Å². The molecular formula is C18H19NO4. The Bertz CT molecular complexity index is 818. The number of hydrogen-bond donors (Lipinski definition) is 1. The van der Waals surface area contributed by atoms with Crippen LogP contribution >= 0.6 is 0 Å². The Hall–Kier alpha value is -2.82. The lowest BCUT2D eigenvalue weighted by Crippen LogP contribution is -2.19. The van der Waals surface area contributed by atoms with Gasteiger partial charge in [-0.15, -0.1) is 0 Å². The summed E-state index contributed by atoms with van der Waals surface area (Å²) in [6.45, 7) is 3.52. The minimum atomic E-state index is -0.380. The van der Waals surface area contributed by atoms with Gasteiger partial charge in [0.05, 0.1) is 19.8 Å². The SMILES string of the molecule is COc1cccc(C=CC(=O)c2c(C)cc(C)[nH]c2=O)c1OC. The van der Waals surface area contributed by atoms with Crippen molar-refractivity contribution in [2.24, 2.45) is 0 Å². The largest absolute Gasteiger partial charge is 0.493 e. The van der Waals surface area contributed by atoms with Crippen molar-refractivity contribution in [3.05, 3.63) is 63.1 Å². The zero-order valence-electron chi connectivity index (χ0n) is 13.6. The minimum absolute atomic E-state index is 0.147. The van der Waals surface area contributed by atoms with Crippen LogP contribution in [0.2, 0.25) is 0 Å². The van der Waals surface area contributed by atoms with E-state index in [1.807, 2.05) is 0 Å². The van der Waals surface area contributed by atoms with Gasteiger partial charge in [-0.25, -0.2) is 0 Å². The number of aromatic amines is 1. The number of methoxy groups -OCH3 is 2. The molecular weight excluding hydrogens is 294 g/mol. The number of allylic oxidation sites excluding steroid dienone is 1. The summed E-state index contributed by atoms with van der Waals surface area (Å²) >= 11 is 0. The summed E-state index contributed by atoms with van der Waals surface area (Å²) in [6.07, 6.45) is 2.98. The summed E-state index contributed by atoms with van der Waals surface area (Å²) in [5, 5.41) is 0. The third-order valence-electron chi connectivity index (χ3n) is 3.46. The molecule has 0 spiro atoms. The molecule has 0 amide bonds. The van der Waals surface area contributed by atoms with Crippen LogP contribution in [0.5, 0.6) is 11.5 Å². The maximum Gasteiger partial charge on any atom is 0.259 e. The van der Waals surface area contributed by atoms with Crippen molar-refractivity contribution in [3.63, 3.8) is 0 Å². The first-order valence-electron chi connectivity index (χ1n) is 7.12. The lowest BCUT2D eigenvalue weighted by Gasteiger charge is -2.09. The molecule has 0 atom stereocenters. The molecule has 23 heavy (non-hydrogen) atoms. The van der Waals surface area contributed by atoms with Crippen LogP contribution in [-0.4, -0.2) is 25.0 Å². The molecule has 0 aliphatic heterocycles.